The van der Waals surface area contributed by atoms with E-state index in [0.717, 1.165) is 77.9 Å². The summed E-state index contributed by atoms with van der Waals surface area (Å²) in [7, 11) is 3.76. The second-order valence-corrected chi connectivity index (χ2v) is 9.60. The van der Waals surface area contributed by atoms with Crippen molar-refractivity contribution < 1.29 is 9.18 Å². The molecule has 1 saturated carbocycles. The number of carbonyl (C=O) groups excluding carboxylic acids is 1. The highest BCUT2D eigenvalue weighted by Gasteiger charge is 2.29. The SMILES string of the molecule is Cc1nn(C)c2nc(C3CC3)cc(C(=O)N(C)CCCCCc3cc(-c4cccc(F)c4)n[nH]3)c12. The van der Waals surface area contributed by atoms with Gasteiger partial charge in [0.25, 0.3) is 5.91 Å². The summed E-state index contributed by atoms with van der Waals surface area (Å²) in [4.78, 5) is 20.0. The van der Waals surface area contributed by atoms with E-state index in [2.05, 4.69) is 15.3 Å². The lowest BCUT2D eigenvalue weighted by atomic mass is 10.1. The molecule has 0 unspecified atom stereocenters. The van der Waals surface area contributed by atoms with E-state index >= 15 is 0 Å². The van der Waals surface area contributed by atoms with E-state index in [1.807, 2.05) is 44.1 Å². The minimum atomic E-state index is -0.263. The number of halogens is 1. The Morgan fingerprint density at radius 3 is 2.80 bits per heavy atom. The summed E-state index contributed by atoms with van der Waals surface area (Å²) in [5.41, 5.74) is 5.91. The lowest BCUT2D eigenvalue weighted by Gasteiger charge is -2.18. The van der Waals surface area contributed by atoms with Gasteiger partial charge < -0.3 is 4.90 Å². The number of hydrogen-bond donors (Lipinski definition) is 1. The summed E-state index contributed by atoms with van der Waals surface area (Å²) in [6.07, 6.45) is 6.04. The van der Waals surface area contributed by atoms with Crippen LogP contribution in [0.5, 0.6) is 0 Å². The zero-order chi connectivity index (χ0) is 24.5. The summed E-state index contributed by atoms with van der Waals surface area (Å²) < 4.78 is 15.2. The molecule has 3 heterocycles. The Morgan fingerprint density at radius 1 is 1.20 bits per heavy atom. The number of hydrogen-bond acceptors (Lipinski definition) is 4. The van der Waals surface area contributed by atoms with Crippen LogP contribution in [0.15, 0.2) is 36.4 Å². The van der Waals surface area contributed by atoms with Crippen LogP contribution in [0.1, 0.15) is 65.5 Å². The quantitative estimate of drug-likeness (QED) is 0.340. The summed E-state index contributed by atoms with van der Waals surface area (Å²) in [6, 6.07) is 10.4. The van der Waals surface area contributed by atoms with Gasteiger partial charge in [0.2, 0.25) is 0 Å². The van der Waals surface area contributed by atoms with Gasteiger partial charge in [-0.3, -0.25) is 14.6 Å². The molecule has 1 aliphatic rings. The average Bonchev–Trinajstić information content (AvgIpc) is 3.52. The van der Waals surface area contributed by atoms with Gasteiger partial charge in [-0.2, -0.15) is 10.2 Å². The Morgan fingerprint density at radius 2 is 2.03 bits per heavy atom. The maximum absolute atomic E-state index is 13.5. The van der Waals surface area contributed by atoms with Crippen molar-refractivity contribution in [1.29, 1.82) is 0 Å². The minimum Gasteiger partial charge on any atom is -0.342 e. The molecular formula is C27H31FN6O. The second-order valence-electron chi connectivity index (χ2n) is 9.60. The number of carbonyl (C=O) groups is 1. The van der Waals surface area contributed by atoms with Crippen molar-refractivity contribution in [2.75, 3.05) is 13.6 Å². The summed E-state index contributed by atoms with van der Waals surface area (Å²) in [5, 5.41) is 12.7. The first-order chi connectivity index (χ1) is 16.9. The maximum Gasteiger partial charge on any atom is 0.254 e. The zero-order valence-electron chi connectivity index (χ0n) is 20.5. The number of pyridine rings is 1. The highest BCUT2D eigenvalue weighted by molar-refractivity contribution is 6.06. The number of unbranched alkanes of at least 4 members (excludes halogenated alkanes) is 2. The Bertz CT molecular complexity index is 1370. The van der Waals surface area contributed by atoms with Crippen molar-refractivity contribution in [3.05, 3.63) is 64.9 Å². The largest absolute Gasteiger partial charge is 0.342 e. The smallest absolute Gasteiger partial charge is 0.254 e. The van der Waals surface area contributed by atoms with Gasteiger partial charge in [-0.15, -0.1) is 0 Å². The second kappa shape index (κ2) is 9.60. The molecule has 3 aromatic heterocycles. The topological polar surface area (TPSA) is 79.7 Å². The van der Waals surface area contributed by atoms with Crippen molar-refractivity contribution in [3.63, 3.8) is 0 Å². The Labute approximate surface area is 204 Å². The molecule has 0 spiro atoms. The fourth-order valence-electron chi connectivity index (χ4n) is 4.65. The molecule has 5 rings (SSSR count). The van der Waals surface area contributed by atoms with Crippen LogP contribution in [0, 0.1) is 12.7 Å². The Balaban J connectivity index is 1.16. The predicted octanol–water partition coefficient (Wildman–Crippen LogP) is 5.17. The number of benzene rings is 1. The van der Waals surface area contributed by atoms with Gasteiger partial charge in [0, 0.05) is 43.5 Å². The van der Waals surface area contributed by atoms with Gasteiger partial charge in [-0.25, -0.2) is 9.37 Å². The standard InChI is InChI=1S/C27H31FN6O/c1-17-25-22(16-23(18-11-12-18)29-26(25)34(3)32-17)27(35)33(2)13-6-4-5-10-21-15-24(31-30-21)19-8-7-9-20(28)14-19/h7-9,14-16,18H,4-6,10-13H2,1-3H3,(H,30,31). The summed E-state index contributed by atoms with van der Waals surface area (Å²) in [6.45, 7) is 2.63. The Hall–Kier alpha value is -3.55. The third kappa shape index (κ3) is 4.97. The van der Waals surface area contributed by atoms with Crippen LogP contribution in [0.4, 0.5) is 4.39 Å². The van der Waals surface area contributed by atoms with Crippen LogP contribution in [-0.4, -0.2) is 49.4 Å². The molecule has 1 aromatic carbocycles. The molecule has 0 bridgehead atoms. The van der Waals surface area contributed by atoms with E-state index in [1.165, 1.54) is 12.1 Å². The Kier molecular flexibility index (Phi) is 6.36. The van der Waals surface area contributed by atoms with E-state index in [9.17, 15) is 9.18 Å². The van der Waals surface area contributed by atoms with Gasteiger partial charge in [-0.1, -0.05) is 18.6 Å². The molecule has 0 radical (unpaired) electrons. The molecule has 182 valence electrons. The fourth-order valence-corrected chi connectivity index (χ4v) is 4.65. The first kappa shape index (κ1) is 23.2. The molecule has 0 saturated heterocycles. The molecule has 0 aliphatic heterocycles. The fraction of sp³-hybridized carbons (Fsp3) is 0.407. The lowest BCUT2D eigenvalue weighted by Crippen LogP contribution is -2.28. The molecule has 1 N–H and O–H groups in total. The van der Waals surface area contributed by atoms with Gasteiger partial charge >= 0.3 is 0 Å². The van der Waals surface area contributed by atoms with Crippen LogP contribution in [0.25, 0.3) is 22.3 Å². The van der Waals surface area contributed by atoms with Crippen LogP contribution in [0.3, 0.4) is 0 Å². The highest BCUT2D eigenvalue weighted by atomic mass is 19.1. The summed E-state index contributed by atoms with van der Waals surface area (Å²) in [5.74, 6) is 0.236. The molecule has 1 aliphatic carbocycles. The lowest BCUT2D eigenvalue weighted by molar-refractivity contribution is 0.0794. The number of aryl methyl sites for hydroxylation is 3. The zero-order valence-corrected chi connectivity index (χ0v) is 20.5. The van der Waals surface area contributed by atoms with E-state index in [0.29, 0.717) is 18.0 Å². The number of amides is 1. The van der Waals surface area contributed by atoms with Gasteiger partial charge in [0.15, 0.2) is 5.65 Å². The van der Waals surface area contributed by atoms with Crippen LogP contribution >= 0.6 is 0 Å². The monoisotopic (exact) mass is 474 g/mol. The van der Waals surface area contributed by atoms with Crippen molar-refractivity contribution in [1.82, 2.24) is 29.9 Å². The van der Waals surface area contributed by atoms with Gasteiger partial charge in [-0.05, 0) is 63.3 Å². The van der Waals surface area contributed by atoms with Gasteiger partial charge in [0.1, 0.15) is 5.82 Å². The van der Waals surface area contributed by atoms with E-state index in [1.54, 1.807) is 10.7 Å². The molecular weight excluding hydrogens is 443 g/mol. The van der Waals surface area contributed by atoms with Crippen molar-refractivity contribution in [2.24, 2.45) is 7.05 Å². The molecule has 7 nitrogen and oxygen atoms in total. The number of aromatic amines is 1. The molecule has 35 heavy (non-hydrogen) atoms. The average molecular weight is 475 g/mol. The number of nitrogens with one attached hydrogen (secondary N) is 1. The number of nitrogens with zero attached hydrogens (tertiary/aromatic N) is 5. The van der Waals surface area contributed by atoms with E-state index < -0.39 is 0 Å². The minimum absolute atomic E-state index is 0.0312. The first-order valence-corrected chi connectivity index (χ1v) is 12.3. The van der Waals surface area contributed by atoms with E-state index in [-0.39, 0.29) is 11.7 Å². The molecule has 8 heteroatoms. The van der Waals surface area contributed by atoms with Gasteiger partial charge in [0.05, 0.1) is 22.3 Å². The number of rotatable bonds is 9. The molecule has 4 aromatic rings. The maximum atomic E-state index is 13.5. The molecule has 1 amide bonds. The van der Waals surface area contributed by atoms with Crippen LogP contribution in [0.2, 0.25) is 0 Å². The van der Waals surface area contributed by atoms with Crippen LogP contribution in [-0.2, 0) is 13.5 Å². The van der Waals surface area contributed by atoms with Crippen molar-refractivity contribution >= 4 is 16.9 Å². The summed E-state index contributed by atoms with van der Waals surface area (Å²) >= 11 is 0. The van der Waals surface area contributed by atoms with E-state index in [4.69, 9.17) is 4.98 Å². The normalized spacial score (nSPS) is 13.5. The van der Waals surface area contributed by atoms with Crippen LogP contribution < -0.4 is 0 Å². The highest BCUT2D eigenvalue weighted by Crippen LogP contribution is 2.40. The molecule has 0 atom stereocenters. The third-order valence-corrected chi connectivity index (χ3v) is 6.75. The number of H-pyrrole nitrogens is 1. The van der Waals surface area contributed by atoms with Crippen molar-refractivity contribution in [3.8, 4) is 11.3 Å². The number of aromatic nitrogens is 5. The number of fused-ring (bicyclic) bond motifs is 1. The predicted molar refractivity (Wildman–Crippen MR) is 134 cm³/mol. The van der Waals surface area contributed by atoms with Crippen molar-refractivity contribution in [2.45, 2.75) is 51.4 Å². The first-order valence-electron chi connectivity index (χ1n) is 12.3. The molecule has 1 fully saturated rings. The third-order valence-electron chi connectivity index (χ3n) is 6.75.